The van der Waals surface area contributed by atoms with Crippen molar-refractivity contribution in [3.8, 4) is 0 Å². The van der Waals surface area contributed by atoms with E-state index in [4.69, 9.17) is 9.79 Å². The lowest BCUT2D eigenvalue weighted by Crippen LogP contribution is -2.37. The van der Waals surface area contributed by atoms with E-state index in [1.165, 1.54) is 18.1 Å². The van der Waals surface area contributed by atoms with E-state index in [1.54, 1.807) is 18.5 Å². The molecule has 1 saturated carbocycles. The van der Waals surface area contributed by atoms with E-state index in [9.17, 15) is 14.8 Å². The first-order valence-corrected chi connectivity index (χ1v) is 10.9. The van der Waals surface area contributed by atoms with Gasteiger partial charge >= 0.3 is 7.82 Å². The normalized spacial score (nSPS) is 28.8. The number of imidazole rings is 1. The Morgan fingerprint density at radius 3 is 2.74 bits per heavy atom. The molecule has 5 N–H and O–H groups in total. The summed E-state index contributed by atoms with van der Waals surface area (Å²) in [6.07, 6.45) is 1.15. The molecule has 0 spiro atoms. The van der Waals surface area contributed by atoms with Gasteiger partial charge in [-0.2, -0.15) is 0 Å². The van der Waals surface area contributed by atoms with Gasteiger partial charge in [0.15, 0.2) is 22.1 Å². The number of hydrogen-bond donors (Lipinski definition) is 5. The number of rotatable bonds is 6. The molecule has 0 saturated heterocycles. The van der Waals surface area contributed by atoms with Crippen molar-refractivity contribution in [3.05, 3.63) is 6.33 Å². The van der Waals surface area contributed by atoms with Crippen molar-refractivity contribution in [1.29, 1.82) is 0 Å². The van der Waals surface area contributed by atoms with Crippen LogP contribution in [0.15, 0.2) is 11.5 Å². The van der Waals surface area contributed by atoms with Gasteiger partial charge in [-0.05, 0) is 12.7 Å². The number of hydrogen-bond acceptors (Lipinski definition) is 9. The summed E-state index contributed by atoms with van der Waals surface area (Å²) in [6.45, 7) is 1.21. The van der Waals surface area contributed by atoms with E-state index in [1.807, 2.05) is 6.26 Å². The van der Waals surface area contributed by atoms with Crippen LogP contribution in [0.4, 0.5) is 5.82 Å². The van der Waals surface area contributed by atoms with Gasteiger partial charge in [-0.1, -0.05) is 18.7 Å². The van der Waals surface area contributed by atoms with Gasteiger partial charge in [0.1, 0.15) is 6.10 Å². The largest absolute Gasteiger partial charge is 0.469 e. The number of thioether (sulfide) groups is 1. The standard InChI is InChI=1S/C14H22N5O6PS/c1-14(5-25-26(22,23)24)4-7(9(20)10(14)21)19-6-16-8-11(15-2)17-13(27-3)18-12(8)19/h6-7,9-10,20-21H,4-5H2,1-3H3,(H,15,17,18)(H2,22,23,24)/t7-,9+,10+,14-/m1/s1. The number of aliphatic hydroxyl groups is 2. The molecule has 1 aliphatic carbocycles. The molecule has 13 heteroatoms. The zero-order chi connectivity index (χ0) is 20.0. The summed E-state index contributed by atoms with van der Waals surface area (Å²) < 4.78 is 17.3. The van der Waals surface area contributed by atoms with Crippen LogP contribution in [0.3, 0.4) is 0 Å². The van der Waals surface area contributed by atoms with E-state index in [0.29, 0.717) is 22.1 Å². The van der Waals surface area contributed by atoms with Crippen LogP contribution >= 0.6 is 19.6 Å². The highest BCUT2D eigenvalue weighted by Gasteiger charge is 2.51. The fourth-order valence-corrected chi connectivity index (χ4v) is 4.21. The van der Waals surface area contributed by atoms with E-state index in [0.717, 1.165) is 0 Å². The topological polar surface area (TPSA) is 163 Å². The summed E-state index contributed by atoms with van der Waals surface area (Å²) in [7, 11) is -2.97. The molecule has 0 radical (unpaired) electrons. The number of phosphoric ester groups is 1. The van der Waals surface area contributed by atoms with Crippen LogP contribution in [0, 0.1) is 5.41 Å². The maximum Gasteiger partial charge on any atom is 0.469 e. The lowest BCUT2D eigenvalue weighted by molar-refractivity contribution is -0.0397. The monoisotopic (exact) mass is 419 g/mol. The Kier molecular flexibility index (Phi) is 5.52. The van der Waals surface area contributed by atoms with Crippen molar-refractivity contribution >= 4 is 36.6 Å². The maximum atomic E-state index is 11.0. The SMILES string of the molecule is CNc1nc(SC)nc2c1ncn2[C@@H]1C[C@](C)(COP(=O)(O)O)[C@@H](O)[C@H]1O. The van der Waals surface area contributed by atoms with Crippen molar-refractivity contribution in [2.45, 2.75) is 36.8 Å². The molecular formula is C14H22N5O6PS. The lowest BCUT2D eigenvalue weighted by Gasteiger charge is -2.28. The van der Waals surface area contributed by atoms with Crippen LogP contribution in [0.1, 0.15) is 19.4 Å². The molecule has 0 aliphatic heterocycles. The first-order valence-electron chi connectivity index (χ1n) is 8.12. The molecule has 150 valence electrons. The molecule has 4 atom stereocenters. The Morgan fingerprint density at radius 2 is 2.15 bits per heavy atom. The number of nitrogens with one attached hydrogen (secondary N) is 1. The molecule has 27 heavy (non-hydrogen) atoms. The zero-order valence-electron chi connectivity index (χ0n) is 15.0. The third-order valence-electron chi connectivity index (χ3n) is 4.85. The van der Waals surface area contributed by atoms with E-state index < -0.39 is 38.1 Å². The van der Waals surface area contributed by atoms with E-state index in [-0.39, 0.29) is 6.42 Å². The van der Waals surface area contributed by atoms with Crippen LogP contribution < -0.4 is 5.32 Å². The third kappa shape index (κ3) is 3.83. The first kappa shape index (κ1) is 20.5. The van der Waals surface area contributed by atoms with Crippen LogP contribution in [-0.2, 0) is 9.09 Å². The van der Waals surface area contributed by atoms with Gasteiger partial charge in [0.25, 0.3) is 0 Å². The smallest absolute Gasteiger partial charge is 0.390 e. The number of nitrogens with zero attached hydrogens (tertiary/aromatic N) is 4. The second-order valence-corrected chi connectivity index (χ2v) is 8.77. The molecule has 1 fully saturated rings. The van der Waals surface area contributed by atoms with E-state index in [2.05, 4.69) is 24.8 Å². The minimum Gasteiger partial charge on any atom is -0.390 e. The number of aromatic nitrogens is 4. The molecule has 3 rings (SSSR count). The predicted octanol–water partition coefficient (Wildman–Crippen LogP) is 0.372. The van der Waals surface area contributed by atoms with Crippen molar-refractivity contribution in [2.24, 2.45) is 5.41 Å². The van der Waals surface area contributed by atoms with Crippen LogP contribution in [0.25, 0.3) is 11.2 Å². The summed E-state index contributed by atoms with van der Waals surface area (Å²) in [4.78, 5) is 31.0. The average molecular weight is 419 g/mol. The molecule has 1 aliphatic rings. The quantitative estimate of drug-likeness (QED) is 0.250. The van der Waals surface area contributed by atoms with Crippen LogP contribution in [-0.4, -0.2) is 71.6 Å². The van der Waals surface area contributed by atoms with Crippen molar-refractivity contribution in [1.82, 2.24) is 19.5 Å². The number of fused-ring (bicyclic) bond motifs is 1. The molecule has 0 aromatic carbocycles. The Bertz CT molecular complexity index is 890. The number of aliphatic hydroxyl groups excluding tert-OH is 2. The van der Waals surface area contributed by atoms with Gasteiger partial charge in [-0.25, -0.2) is 19.5 Å². The van der Waals surface area contributed by atoms with Gasteiger partial charge in [-0.15, -0.1) is 0 Å². The van der Waals surface area contributed by atoms with Gasteiger partial charge in [0, 0.05) is 12.5 Å². The highest BCUT2D eigenvalue weighted by Crippen LogP contribution is 2.48. The molecule has 2 aromatic rings. The molecule has 0 unspecified atom stereocenters. The Balaban J connectivity index is 1.98. The van der Waals surface area contributed by atoms with Gasteiger partial charge < -0.3 is 29.9 Å². The second-order valence-electron chi connectivity index (χ2n) is 6.76. The molecule has 11 nitrogen and oxygen atoms in total. The number of phosphoric acid groups is 1. The summed E-state index contributed by atoms with van der Waals surface area (Å²) in [6, 6.07) is -0.593. The van der Waals surface area contributed by atoms with Crippen LogP contribution in [0.2, 0.25) is 0 Å². The second kappa shape index (κ2) is 7.28. The number of anilines is 1. The van der Waals surface area contributed by atoms with Crippen molar-refractivity contribution in [3.63, 3.8) is 0 Å². The zero-order valence-corrected chi connectivity index (χ0v) is 16.7. The molecule has 2 aromatic heterocycles. The third-order valence-corrected chi connectivity index (χ3v) is 5.86. The predicted molar refractivity (Wildman–Crippen MR) is 98.4 cm³/mol. The minimum atomic E-state index is -4.69. The molecular weight excluding hydrogens is 397 g/mol. The van der Waals surface area contributed by atoms with Gasteiger partial charge in [0.05, 0.1) is 25.1 Å². The molecule has 0 amide bonds. The van der Waals surface area contributed by atoms with Crippen molar-refractivity contribution in [2.75, 3.05) is 25.2 Å². The fraction of sp³-hybridized carbons (Fsp3) is 0.643. The molecule has 2 heterocycles. The van der Waals surface area contributed by atoms with Crippen LogP contribution in [0.5, 0.6) is 0 Å². The average Bonchev–Trinajstić information content (AvgIpc) is 3.14. The van der Waals surface area contributed by atoms with Gasteiger partial charge in [0.2, 0.25) is 0 Å². The van der Waals surface area contributed by atoms with Gasteiger partial charge in [-0.3, -0.25) is 4.52 Å². The Labute approximate surface area is 159 Å². The highest BCUT2D eigenvalue weighted by molar-refractivity contribution is 7.98. The summed E-state index contributed by atoms with van der Waals surface area (Å²) >= 11 is 1.36. The highest BCUT2D eigenvalue weighted by atomic mass is 32.2. The summed E-state index contributed by atoms with van der Waals surface area (Å²) in [5, 5.41) is 24.6. The Hall–Kier alpha value is -1.27. The first-order chi connectivity index (χ1) is 12.6. The maximum absolute atomic E-state index is 11.0. The fourth-order valence-electron chi connectivity index (χ4n) is 3.39. The Morgan fingerprint density at radius 1 is 1.44 bits per heavy atom. The lowest BCUT2D eigenvalue weighted by atomic mass is 9.87. The molecule has 0 bridgehead atoms. The summed E-state index contributed by atoms with van der Waals surface area (Å²) in [5.41, 5.74) is -0.0321. The van der Waals surface area contributed by atoms with E-state index >= 15 is 0 Å². The minimum absolute atomic E-state index is 0.217. The summed E-state index contributed by atoms with van der Waals surface area (Å²) in [5.74, 6) is 0.545. The van der Waals surface area contributed by atoms with Crippen molar-refractivity contribution < 1.29 is 29.1 Å².